The third kappa shape index (κ3) is 5.81. The first-order valence-corrected chi connectivity index (χ1v) is 19.5. The Bertz CT molecular complexity index is 2880. The molecule has 9 aromatic carbocycles. The Balaban J connectivity index is 1.13. The fraction of sp³-hybridized carbons (Fsp3) is 0.0545. The first kappa shape index (κ1) is 33.6. The van der Waals surface area contributed by atoms with E-state index in [0.29, 0.717) is 0 Å². The van der Waals surface area contributed by atoms with E-state index >= 15 is 0 Å². The zero-order chi connectivity index (χ0) is 37.6. The van der Waals surface area contributed by atoms with E-state index in [1.54, 1.807) is 0 Å². The molecule has 56 heavy (non-hydrogen) atoms. The summed E-state index contributed by atoms with van der Waals surface area (Å²) < 4.78 is 0. The first-order chi connectivity index (χ1) is 27.5. The van der Waals surface area contributed by atoms with Gasteiger partial charge in [-0.2, -0.15) is 0 Å². The Morgan fingerprint density at radius 2 is 0.857 bits per heavy atom. The number of rotatable bonds is 7. The molecule has 9 aromatic rings. The van der Waals surface area contributed by atoms with Crippen LogP contribution >= 0.6 is 0 Å². The number of hydrogen-bond acceptors (Lipinski definition) is 1. The molecule has 10 rings (SSSR count). The van der Waals surface area contributed by atoms with Crippen molar-refractivity contribution >= 4 is 27.8 Å². The van der Waals surface area contributed by atoms with Crippen molar-refractivity contribution in [3.05, 3.63) is 223 Å². The SMILES string of the molecule is CC1(C)c2ccccc2-c2c(-c3ccccc3N(c3ccc(-c4cccc(-c5ccccc5)c4)cc3)c3cccc(-c4ccc5ccccc5c4)c3)cccc21. The van der Waals surface area contributed by atoms with Gasteiger partial charge in [-0.1, -0.05) is 184 Å². The molecule has 0 N–H and O–H groups in total. The van der Waals surface area contributed by atoms with Gasteiger partial charge in [0.25, 0.3) is 0 Å². The summed E-state index contributed by atoms with van der Waals surface area (Å²) in [6.07, 6.45) is 0. The molecule has 1 aliphatic rings. The molecule has 0 aliphatic heterocycles. The van der Waals surface area contributed by atoms with E-state index < -0.39 is 0 Å². The summed E-state index contributed by atoms with van der Waals surface area (Å²) in [6, 6.07) is 77.6. The second kappa shape index (κ2) is 13.7. The zero-order valence-electron chi connectivity index (χ0n) is 31.7. The highest BCUT2D eigenvalue weighted by atomic mass is 15.1. The highest BCUT2D eigenvalue weighted by molar-refractivity contribution is 5.98. The molecule has 0 spiro atoms. The van der Waals surface area contributed by atoms with Gasteiger partial charge in [0.1, 0.15) is 0 Å². The lowest BCUT2D eigenvalue weighted by molar-refractivity contribution is 0.660. The molecule has 0 aromatic heterocycles. The highest BCUT2D eigenvalue weighted by Gasteiger charge is 2.37. The lowest BCUT2D eigenvalue weighted by Gasteiger charge is -2.29. The van der Waals surface area contributed by atoms with Crippen LogP contribution in [-0.2, 0) is 5.41 Å². The van der Waals surface area contributed by atoms with E-state index in [-0.39, 0.29) is 5.41 Å². The number of benzene rings is 9. The van der Waals surface area contributed by atoms with Crippen LogP contribution in [0.5, 0.6) is 0 Å². The van der Waals surface area contributed by atoms with Gasteiger partial charge in [0.05, 0.1) is 5.69 Å². The lowest BCUT2D eigenvalue weighted by atomic mass is 9.82. The fourth-order valence-corrected chi connectivity index (χ4v) is 8.81. The monoisotopic (exact) mass is 715 g/mol. The Morgan fingerprint density at radius 3 is 1.66 bits per heavy atom. The van der Waals surface area contributed by atoms with Gasteiger partial charge in [0, 0.05) is 22.4 Å². The predicted molar refractivity (Wildman–Crippen MR) is 238 cm³/mol. The van der Waals surface area contributed by atoms with Crippen LogP contribution in [0.1, 0.15) is 25.0 Å². The number of fused-ring (bicyclic) bond motifs is 4. The van der Waals surface area contributed by atoms with Gasteiger partial charge in [-0.15, -0.1) is 0 Å². The lowest BCUT2D eigenvalue weighted by Crippen LogP contribution is -2.14. The second-order valence-electron chi connectivity index (χ2n) is 15.4. The van der Waals surface area contributed by atoms with E-state index in [2.05, 4.69) is 231 Å². The van der Waals surface area contributed by atoms with E-state index in [1.807, 2.05) is 0 Å². The Kier molecular flexibility index (Phi) is 8.23. The fourth-order valence-electron chi connectivity index (χ4n) is 8.81. The van der Waals surface area contributed by atoms with Gasteiger partial charge in [-0.25, -0.2) is 0 Å². The third-order valence-electron chi connectivity index (χ3n) is 11.7. The average Bonchev–Trinajstić information content (AvgIpc) is 3.50. The van der Waals surface area contributed by atoms with Crippen LogP contribution in [0.2, 0.25) is 0 Å². The van der Waals surface area contributed by atoms with E-state index in [0.717, 1.165) is 17.1 Å². The molecular weight excluding hydrogens is 675 g/mol. The maximum atomic E-state index is 2.44. The summed E-state index contributed by atoms with van der Waals surface area (Å²) in [7, 11) is 0. The van der Waals surface area contributed by atoms with Gasteiger partial charge in [0.2, 0.25) is 0 Å². The van der Waals surface area contributed by atoms with Crippen molar-refractivity contribution in [2.75, 3.05) is 4.90 Å². The van der Waals surface area contributed by atoms with Crippen molar-refractivity contribution < 1.29 is 0 Å². The van der Waals surface area contributed by atoms with Gasteiger partial charge < -0.3 is 4.90 Å². The van der Waals surface area contributed by atoms with Crippen LogP contribution in [0.3, 0.4) is 0 Å². The minimum atomic E-state index is -0.0849. The highest BCUT2D eigenvalue weighted by Crippen LogP contribution is 2.53. The Hall–Kier alpha value is -6.96. The first-order valence-electron chi connectivity index (χ1n) is 19.5. The van der Waals surface area contributed by atoms with Crippen molar-refractivity contribution in [3.8, 4) is 55.6 Å². The molecule has 0 bridgehead atoms. The summed E-state index contributed by atoms with van der Waals surface area (Å²) in [5.41, 5.74) is 18.3. The molecule has 0 atom stereocenters. The Morgan fingerprint density at radius 1 is 0.321 bits per heavy atom. The van der Waals surface area contributed by atoms with Gasteiger partial charge in [0.15, 0.2) is 0 Å². The van der Waals surface area contributed by atoms with Gasteiger partial charge >= 0.3 is 0 Å². The average molecular weight is 716 g/mol. The van der Waals surface area contributed by atoms with Crippen molar-refractivity contribution in [3.63, 3.8) is 0 Å². The molecule has 0 radical (unpaired) electrons. The van der Waals surface area contributed by atoms with Crippen LogP contribution < -0.4 is 4.90 Å². The van der Waals surface area contributed by atoms with Crippen molar-refractivity contribution in [1.29, 1.82) is 0 Å². The van der Waals surface area contributed by atoms with Crippen molar-refractivity contribution in [2.45, 2.75) is 19.3 Å². The molecule has 0 saturated heterocycles. The summed E-state index contributed by atoms with van der Waals surface area (Å²) >= 11 is 0. The van der Waals surface area contributed by atoms with Gasteiger partial charge in [-0.3, -0.25) is 0 Å². The maximum absolute atomic E-state index is 2.44. The number of para-hydroxylation sites is 1. The second-order valence-corrected chi connectivity index (χ2v) is 15.4. The molecule has 1 aliphatic carbocycles. The standard InChI is InChI=1S/C55H41N/c1-55(2)51-26-10-8-24-50(51)54-49(25-14-27-52(54)55)48-23-9-11-28-53(48)56(47-22-13-21-44(37-47)45-30-29-39-17-6-7-18-41(39)36-45)46-33-31-40(32-34-46)43-20-12-19-42(35-43)38-15-4-3-5-16-38/h3-37H,1-2H3. The quantitative estimate of drug-likeness (QED) is 0.159. The normalized spacial score (nSPS) is 12.6. The summed E-state index contributed by atoms with van der Waals surface area (Å²) in [6.45, 7) is 4.71. The molecule has 0 unspecified atom stereocenters. The van der Waals surface area contributed by atoms with E-state index in [1.165, 1.54) is 77.5 Å². The molecule has 0 fully saturated rings. The molecule has 1 nitrogen and oxygen atoms in total. The molecule has 266 valence electrons. The van der Waals surface area contributed by atoms with Crippen molar-refractivity contribution in [1.82, 2.24) is 0 Å². The minimum absolute atomic E-state index is 0.0849. The number of anilines is 3. The van der Waals surface area contributed by atoms with Crippen LogP contribution in [0, 0.1) is 0 Å². The minimum Gasteiger partial charge on any atom is -0.310 e. The topological polar surface area (TPSA) is 3.24 Å². The van der Waals surface area contributed by atoms with Crippen LogP contribution in [0.15, 0.2) is 212 Å². The summed E-state index contributed by atoms with van der Waals surface area (Å²) in [5, 5.41) is 2.49. The Labute approximate surface area is 329 Å². The predicted octanol–water partition coefficient (Wildman–Crippen LogP) is 15.3. The van der Waals surface area contributed by atoms with E-state index in [9.17, 15) is 0 Å². The molecule has 0 heterocycles. The number of hydrogen-bond donors (Lipinski definition) is 0. The van der Waals surface area contributed by atoms with Crippen LogP contribution in [-0.4, -0.2) is 0 Å². The summed E-state index contributed by atoms with van der Waals surface area (Å²) in [4.78, 5) is 2.44. The largest absolute Gasteiger partial charge is 0.310 e. The number of nitrogens with zero attached hydrogens (tertiary/aromatic N) is 1. The molecule has 0 saturated carbocycles. The molecule has 1 heteroatoms. The van der Waals surface area contributed by atoms with Crippen LogP contribution in [0.4, 0.5) is 17.1 Å². The third-order valence-corrected chi connectivity index (χ3v) is 11.7. The molecule has 0 amide bonds. The van der Waals surface area contributed by atoms with Crippen LogP contribution in [0.25, 0.3) is 66.4 Å². The summed E-state index contributed by atoms with van der Waals surface area (Å²) in [5.74, 6) is 0. The maximum Gasteiger partial charge on any atom is 0.0540 e. The van der Waals surface area contributed by atoms with Gasteiger partial charge in [-0.05, 0) is 114 Å². The molecular formula is C55H41N. The van der Waals surface area contributed by atoms with E-state index in [4.69, 9.17) is 0 Å². The van der Waals surface area contributed by atoms with Crippen molar-refractivity contribution in [2.24, 2.45) is 0 Å². The zero-order valence-corrected chi connectivity index (χ0v) is 31.7. The smallest absolute Gasteiger partial charge is 0.0540 e.